The second-order valence-corrected chi connectivity index (χ2v) is 2.60. The van der Waals surface area contributed by atoms with Crippen molar-refractivity contribution in [1.29, 1.82) is 0 Å². The Morgan fingerprint density at radius 3 is 2.50 bits per heavy atom. The van der Waals surface area contributed by atoms with Crippen molar-refractivity contribution in [2.24, 2.45) is 0 Å². The van der Waals surface area contributed by atoms with Crippen LogP contribution in [-0.4, -0.2) is 6.18 Å². The minimum atomic E-state index is -4.16. The average Bonchev–Trinajstić information content (AvgIpc) is 2.03. The third-order valence-corrected chi connectivity index (χ3v) is 1.72. The third kappa shape index (κ3) is 2.00. The zero-order chi connectivity index (χ0) is 9.19. The summed E-state index contributed by atoms with van der Waals surface area (Å²) in [5.74, 6) is -1.41. The first-order valence-electron chi connectivity index (χ1n) is 3.54. The van der Waals surface area contributed by atoms with Crippen LogP contribution in [0, 0.1) is 6.07 Å². The van der Waals surface area contributed by atoms with E-state index in [4.69, 9.17) is 0 Å². The number of rotatable bonds is 1. The van der Waals surface area contributed by atoms with E-state index in [0.717, 1.165) is 6.92 Å². The van der Waals surface area contributed by atoms with Gasteiger partial charge in [-0.15, -0.1) is 0 Å². The summed E-state index contributed by atoms with van der Waals surface area (Å²) in [6.07, 6.45) is -4.16. The van der Waals surface area contributed by atoms with Crippen molar-refractivity contribution in [3.8, 4) is 0 Å². The molecule has 0 saturated heterocycles. The smallest absolute Gasteiger partial charge is 0.170 e. The Kier molecular flexibility index (Phi) is 2.40. The van der Waals surface area contributed by atoms with Crippen LogP contribution in [-0.2, 0) is 0 Å². The van der Waals surface area contributed by atoms with Gasteiger partial charge in [0.1, 0.15) is 0 Å². The number of hydrogen-bond donors (Lipinski definition) is 0. The largest absolute Gasteiger partial charge is 0.395 e. The molecular formula is C9H8F3. The molecule has 0 bridgehead atoms. The van der Waals surface area contributed by atoms with Gasteiger partial charge in [0.25, 0.3) is 0 Å². The van der Waals surface area contributed by atoms with Gasteiger partial charge in [0.15, 0.2) is 0 Å². The molecule has 0 fully saturated rings. The van der Waals surface area contributed by atoms with Crippen LogP contribution in [0.2, 0.25) is 0 Å². The molecule has 0 amide bonds. The van der Waals surface area contributed by atoms with Crippen LogP contribution in [0.4, 0.5) is 13.2 Å². The lowest BCUT2D eigenvalue weighted by Gasteiger charge is -2.15. The molecule has 1 unspecified atom stereocenters. The van der Waals surface area contributed by atoms with E-state index in [2.05, 4.69) is 6.07 Å². The van der Waals surface area contributed by atoms with E-state index in [1.807, 2.05) is 0 Å². The van der Waals surface area contributed by atoms with Crippen LogP contribution in [0.5, 0.6) is 0 Å². The van der Waals surface area contributed by atoms with Crippen molar-refractivity contribution in [2.75, 3.05) is 0 Å². The molecule has 0 N–H and O–H groups in total. The van der Waals surface area contributed by atoms with Crippen LogP contribution in [0.3, 0.4) is 0 Å². The molecule has 65 valence electrons. The number of halogens is 3. The summed E-state index contributed by atoms with van der Waals surface area (Å²) in [5, 5.41) is 0. The number of hydrogen-bond acceptors (Lipinski definition) is 0. The minimum absolute atomic E-state index is 0.255. The molecule has 1 aromatic rings. The van der Waals surface area contributed by atoms with Gasteiger partial charge in [-0.05, 0) is 18.6 Å². The summed E-state index contributed by atoms with van der Waals surface area (Å²) in [7, 11) is 0. The molecule has 1 aromatic carbocycles. The normalized spacial score (nSPS) is 14.3. The topological polar surface area (TPSA) is 0 Å². The van der Waals surface area contributed by atoms with E-state index < -0.39 is 12.1 Å². The molecule has 0 heterocycles. The predicted octanol–water partition coefficient (Wildman–Crippen LogP) is 3.15. The van der Waals surface area contributed by atoms with Crippen molar-refractivity contribution in [2.45, 2.75) is 19.0 Å². The van der Waals surface area contributed by atoms with Gasteiger partial charge >= 0.3 is 6.18 Å². The van der Waals surface area contributed by atoms with E-state index in [0.29, 0.717) is 0 Å². The fraction of sp³-hybridized carbons (Fsp3) is 0.333. The lowest BCUT2D eigenvalue weighted by atomic mass is 10.0. The molecule has 0 aliphatic heterocycles. The predicted molar refractivity (Wildman–Crippen MR) is 39.7 cm³/mol. The minimum Gasteiger partial charge on any atom is -0.170 e. The Balaban J connectivity index is 2.86. The highest BCUT2D eigenvalue weighted by Crippen LogP contribution is 2.33. The molecular weight excluding hydrogens is 165 g/mol. The summed E-state index contributed by atoms with van der Waals surface area (Å²) in [6, 6.07) is 8.56. The van der Waals surface area contributed by atoms with Gasteiger partial charge in [-0.3, -0.25) is 0 Å². The molecule has 0 aromatic heterocycles. The van der Waals surface area contributed by atoms with Gasteiger partial charge in [0, 0.05) is 0 Å². The quantitative estimate of drug-likeness (QED) is 0.612. The van der Waals surface area contributed by atoms with E-state index in [-0.39, 0.29) is 5.56 Å². The molecule has 3 heteroatoms. The van der Waals surface area contributed by atoms with Gasteiger partial charge in [-0.1, -0.05) is 24.3 Å². The molecule has 0 aliphatic carbocycles. The van der Waals surface area contributed by atoms with Crippen LogP contribution in [0.25, 0.3) is 0 Å². The zero-order valence-electron chi connectivity index (χ0n) is 6.52. The fourth-order valence-corrected chi connectivity index (χ4v) is 0.866. The Bertz CT molecular complexity index is 238. The molecule has 1 atom stereocenters. The first-order chi connectivity index (χ1) is 5.52. The Hall–Kier alpha value is -0.990. The third-order valence-electron chi connectivity index (χ3n) is 1.72. The maximum Gasteiger partial charge on any atom is 0.395 e. The molecule has 0 nitrogen and oxygen atoms in total. The van der Waals surface area contributed by atoms with Crippen molar-refractivity contribution in [3.05, 3.63) is 35.9 Å². The van der Waals surface area contributed by atoms with Gasteiger partial charge in [-0.25, -0.2) is 0 Å². The maximum absolute atomic E-state index is 12.1. The Morgan fingerprint density at radius 2 is 2.08 bits per heavy atom. The summed E-state index contributed by atoms with van der Waals surface area (Å²) < 4.78 is 36.4. The van der Waals surface area contributed by atoms with Crippen molar-refractivity contribution in [1.82, 2.24) is 0 Å². The van der Waals surface area contributed by atoms with Crippen molar-refractivity contribution < 1.29 is 13.2 Å². The summed E-state index contributed by atoms with van der Waals surface area (Å²) in [5.41, 5.74) is 0.255. The van der Waals surface area contributed by atoms with Gasteiger partial charge < -0.3 is 0 Å². The summed E-state index contributed by atoms with van der Waals surface area (Å²) in [4.78, 5) is 0. The monoisotopic (exact) mass is 173 g/mol. The van der Waals surface area contributed by atoms with Gasteiger partial charge in [0.05, 0.1) is 5.92 Å². The fourth-order valence-electron chi connectivity index (χ4n) is 0.866. The molecule has 1 rings (SSSR count). The molecule has 0 spiro atoms. The molecule has 0 saturated carbocycles. The van der Waals surface area contributed by atoms with Crippen molar-refractivity contribution >= 4 is 0 Å². The van der Waals surface area contributed by atoms with Crippen molar-refractivity contribution in [3.63, 3.8) is 0 Å². The lowest BCUT2D eigenvalue weighted by Crippen LogP contribution is -2.17. The van der Waals surface area contributed by atoms with Crippen LogP contribution in [0.1, 0.15) is 18.4 Å². The number of alkyl halides is 3. The van der Waals surface area contributed by atoms with Crippen LogP contribution in [0.15, 0.2) is 24.3 Å². The second-order valence-electron chi connectivity index (χ2n) is 2.60. The van der Waals surface area contributed by atoms with Crippen LogP contribution < -0.4 is 0 Å². The maximum atomic E-state index is 12.1. The standard InChI is InChI=1S/C9H8F3/c1-7(9(10,11)12)8-5-3-2-4-6-8/h2-3,5-7H,1H3. The first-order valence-corrected chi connectivity index (χ1v) is 3.54. The summed E-state index contributed by atoms with van der Waals surface area (Å²) >= 11 is 0. The van der Waals surface area contributed by atoms with E-state index >= 15 is 0 Å². The highest BCUT2D eigenvalue weighted by atomic mass is 19.4. The molecule has 1 radical (unpaired) electrons. The summed E-state index contributed by atoms with van der Waals surface area (Å²) in [6.45, 7) is 1.14. The van der Waals surface area contributed by atoms with Gasteiger partial charge in [0.2, 0.25) is 0 Å². The Morgan fingerprint density at radius 1 is 1.42 bits per heavy atom. The second kappa shape index (κ2) is 3.17. The SMILES string of the molecule is CC(c1c[c]ccc1)C(F)(F)F. The zero-order valence-corrected chi connectivity index (χ0v) is 6.52. The number of benzene rings is 1. The van der Waals surface area contributed by atoms with E-state index in [1.165, 1.54) is 12.1 Å². The van der Waals surface area contributed by atoms with Crippen LogP contribution >= 0.6 is 0 Å². The lowest BCUT2D eigenvalue weighted by molar-refractivity contribution is -0.146. The first kappa shape index (κ1) is 9.10. The Labute approximate surface area is 69.0 Å². The highest BCUT2D eigenvalue weighted by Gasteiger charge is 2.36. The van der Waals surface area contributed by atoms with E-state index in [9.17, 15) is 13.2 Å². The van der Waals surface area contributed by atoms with Gasteiger partial charge in [-0.2, -0.15) is 13.2 Å². The molecule has 12 heavy (non-hydrogen) atoms. The molecule has 0 aliphatic rings. The average molecular weight is 173 g/mol. The highest BCUT2D eigenvalue weighted by molar-refractivity contribution is 5.19. The van der Waals surface area contributed by atoms with E-state index in [1.54, 1.807) is 12.1 Å².